The Morgan fingerprint density at radius 2 is 2.00 bits per heavy atom. The molecule has 0 unspecified atom stereocenters. The van der Waals surface area contributed by atoms with E-state index < -0.39 is 0 Å². The molecule has 0 aromatic rings. The fourth-order valence-electron chi connectivity index (χ4n) is 1.52. The lowest BCUT2D eigenvalue weighted by molar-refractivity contribution is -0.0991. The van der Waals surface area contributed by atoms with E-state index in [9.17, 15) is 0 Å². The highest BCUT2D eigenvalue weighted by Gasteiger charge is 2.24. The molecule has 1 N–H and O–H groups in total. The second-order valence-corrected chi connectivity index (χ2v) is 4.58. The van der Waals surface area contributed by atoms with Crippen molar-refractivity contribution in [1.29, 1.82) is 0 Å². The molecule has 3 heteroatoms. The van der Waals surface area contributed by atoms with Gasteiger partial charge in [0.25, 0.3) is 0 Å². The molecule has 3 nitrogen and oxygen atoms in total. The fourth-order valence-corrected chi connectivity index (χ4v) is 1.52. The maximum Gasteiger partial charge on any atom is 0.0937 e. The summed E-state index contributed by atoms with van der Waals surface area (Å²) in [5.41, 5.74) is 0. The Hall–Kier alpha value is -0.120. The van der Waals surface area contributed by atoms with Gasteiger partial charge in [-0.25, -0.2) is 0 Å². The van der Waals surface area contributed by atoms with Crippen LogP contribution in [0.5, 0.6) is 0 Å². The van der Waals surface area contributed by atoms with Crippen LogP contribution in [0.4, 0.5) is 0 Å². The Morgan fingerprint density at radius 3 is 2.57 bits per heavy atom. The molecule has 84 valence electrons. The quantitative estimate of drug-likeness (QED) is 0.746. The van der Waals surface area contributed by atoms with E-state index in [1.807, 2.05) is 0 Å². The van der Waals surface area contributed by atoms with Crippen LogP contribution in [-0.4, -0.2) is 38.0 Å². The molecule has 0 amide bonds. The van der Waals surface area contributed by atoms with E-state index in [2.05, 4.69) is 33.0 Å². The molecule has 0 aliphatic carbocycles. The van der Waals surface area contributed by atoms with E-state index >= 15 is 0 Å². The van der Waals surface area contributed by atoms with Crippen LogP contribution >= 0.6 is 0 Å². The van der Waals surface area contributed by atoms with Crippen LogP contribution in [0.3, 0.4) is 0 Å². The minimum Gasteiger partial charge on any atom is -0.376 e. The highest BCUT2D eigenvalue weighted by molar-refractivity contribution is 4.76. The maximum atomic E-state index is 5.91. The van der Waals surface area contributed by atoms with Gasteiger partial charge in [0.15, 0.2) is 0 Å². The van der Waals surface area contributed by atoms with E-state index in [4.69, 9.17) is 9.47 Å². The first-order valence-corrected chi connectivity index (χ1v) is 5.57. The summed E-state index contributed by atoms with van der Waals surface area (Å²) in [4.78, 5) is 0. The molecule has 0 aromatic carbocycles. The van der Waals surface area contributed by atoms with Crippen molar-refractivity contribution in [3.63, 3.8) is 0 Å². The topological polar surface area (TPSA) is 30.5 Å². The van der Waals surface area contributed by atoms with Gasteiger partial charge < -0.3 is 14.8 Å². The SMILES string of the molecule is CC(C)OC[C@@H]1CNC[C@H](C(C)C)O1. The van der Waals surface area contributed by atoms with Crippen LogP contribution in [0.1, 0.15) is 27.7 Å². The molecule has 0 aromatic heterocycles. The molecule has 1 heterocycles. The Labute approximate surface area is 87.2 Å². The summed E-state index contributed by atoms with van der Waals surface area (Å²) in [6, 6.07) is 0. The third kappa shape index (κ3) is 3.95. The maximum absolute atomic E-state index is 5.91. The zero-order valence-corrected chi connectivity index (χ0v) is 9.75. The summed E-state index contributed by atoms with van der Waals surface area (Å²) in [7, 11) is 0. The first-order valence-electron chi connectivity index (χ1n) is 5.57. The van der Waals surface area contributed by atoms with Crippen LogP contribution in [0.2, 0.25) is 0 Å². The van der Waals surface area contributed by atoms with Crippen molar-refractivity contribution in [3.8, 4) is 0 Å². The lowest BCUT2D eigenvalue weighted by Gasteiger charge is -2.33. The largest absolute Gasteiger partial charge is 0.376 e. The number of ether oxygens (including phenoxy) is 2. The number of nitrogens with one attached hydrogen (secondary N) is 1. The molecule has 0 bridgehead atoms. The smallest absolute Gasteiger partial charge is 0.0937 e. The third-order valence-electron chi connectivity index (χ3n) is 2.44. The molecule has 1 saturated heterocycles. The van der Waals surface area contributed by atoms with E-state index in [-0.39, 0.29) is 12.2 Å². The van der Waals surface area contributed by atoms with Gasteiger partial charge in [0.05, 0.1) is 24.9 Å². The Balaban J connectivity index is 2.25. The summed E-state index contributed by atoms with van der Waals surface area (Å²) in [5.74, 6) is 0.573. The van der Waals surface area contributed by atoms with Crippen LogP contribution < -0.4 is 5.32 Å². The number of hydrogen-bond donors (Lipinski definition) is 1. The second-order valence-electron chi connectivity index (χ2n) is 4.58. The van der Waals surface area contributed by atoms with E-state index in [0.717, 1.165) is 13.1 Å². The standard InChI is InChI=1S/C11H23NO2/c1-8(2)11-6-12-5-10(14-11)7-13-9(3)4/h8-12H,5-7H2,1-4H3/t10-,11+/m0/s1. The Kier molecular flexibility index (Phi) is 4.85. The van der Waals surface area contributed by atoms with Crippen molar-refractivity contribution >= 4 is 0 Å². The van der Waals surface area contributed by atoms with Gasteiger partial charge in [-0.05, 0) is 19.8 Å². The molecular formula is C11H23NO2. The monoisotopic (exact) mass is 201 g/mol. The predicted octanol–water partition coefficient (Wildman–Crippen LogP) is 1.42. The van der Waals surface area contributed by atoms with Gasteiger partial charge in [0.2, 0.25) is 0 Å². The number of rotatable bonds is 4. The Morgan fingerprint density at radius 1 is 1.29 bits per heavy atom. The highest BCUT2D eigenvalue weighted by Crippen LogP contribution is 2.12. The van der Waals surface area contributed by atoms with Gasteiger partial charge >= 0.3 is 0 Å². The Bertz CT molecular complexity index is 159. The lowest BCUT2D eigenvalue weighted by Crippen LogP contribution is -2.48. The summed E-state index contributed by atoms with van der Waals surface area (Å²) >= 11 is 0. The predicted molar refractivity (Wildman–Crippen MR) is 57.5 cm³/mol. The summed E-state index contributed by atoms with van der Waals surface area (Å²) in [6.45, 7) is 11.1. The number of morpholine rings is 1. The number of hydrogen-bond acceptors (Lipinski definition) is 3. The minimum atomic E-state index is 0.221. The molecular weight excluding hydrogens is 178 g/mol. The molecule has 14 heavy (non-hydrogen) atoms. The van der Waals surface area contributed by atoms with Gasteiger partial charge in [-0.15, -0.1) is 0 Å². The van der Waals surface area contributed by atoms with Crippen molar-refractivity contribution in [2.24, 2.45) is 5.92 Å². The van der Waals surface area contributed by atoms with Crippen molar-refractivity contribution in [1.82, 2.24) is 5.32 Å². The van der Waals surface area contributed by atoms with Gasteiger partial charge in [-0.3, -0.25) is 0 Å². The van der Waals surface area contributed by atoms with Crippen LogP contribution in [0, 0.1) is 5.92 Å². The molecule has 0 spiro atoms. The fraction of sp³-hybridized carbons (Fsp3) is 1.00. The van der Waals surface area contributed by atoms with Gasteiger partial charge in [-0.1, -0.05) is 13.8 Å². The van der Waals surface area contributed by atoms with Crippen LogP contribution in [0.15, 0.2) is 0 Å². The van der Waals surface area contributed by atoms with Crippen molar-refractivity contribution in [3.05, 3.63) is 0 Å². The minimum absolute atomic E-state index is 0.221. The average Bonchev–Trinajstić information content (AvgIpc) is 2.15. The molecule has 1 aliphatic heterocycles. The van der Waals surface area contributed by atoms with Gasteiger partial charge in [0.1, 0.15) is 0 Å². The zero-order chi connectivity index (χ0) is 10.6. The normalized spacial score (nSPS) is 28.7. The third-order valence-corrected chi connectivity index (χ3v) is 2.44. The second kappa shape index (κ2) is 5.69. The van der Waals surface area contributed by atoms with Crippen molar-refractivity contribution in [2.75, 3.05) is 19.7 Å². The van der Waals surface area contributed by atoms with Gasteiger partial charge in [-0.2, -0.15) is 0 Å². The van der Waals surface area contributed by atoms with Crippen molar-refractivity contribution in [2.45, 2.75) is 46.0 Å². The molecule has 1 rings (SSSR count). The first-order chi connectivity index (χ1) is 6.59. The molecule has 1 aliphatic rings. The molecule has 2 atom stereocenters. The van der Waals surface area contributed by atoms with Gasteiger partial charge in [0, 0.05) is 13.1 Å². The van der Waals surface area contributed by atoms with E-state index in [0.29, 0.717) is 18.6 Å². The molecule has 0 saturated carbocycles. The zero-order valence-electron chi connectivity index (χ0n) is 9.75. The summed E-state index contributed by atoms with van der Waals surface area (Å²) in [6.07, 6.45) is 0.848. The molecule has 1 fully saturated rings. The average molecular weight is 201 g/mol. The van der Waals surface area contributed by atoms with Crippen LogP contribution in [0.25, 0.3) is 0 Å². The van der Waals surface area contributed by atoms with Crippen LogP contribution in [-0.2, 0) is 9.47 Å². The lowest BCUT2D eigenvalue weighted by atomic mass is 10.1. The van der Waals surface area contributed by atoms with E-state index in [1.54, 1.807) is 0 Å². The first kappa shape index (κ1) is 12.0. The van der Waals surface area contributed by atoms with E-state index in [1.165, 1.54) is 0 Å². The summed E-state index contributed by atoms with van der Waals surface area (Å²) in [5, 5.41) is 3.38. The summed E-state index contributed by atoms with van der Waals surface area (Å²) < 4.78 is 11.5. The molecule has 0 radical (unpaired) electrons. The van der Waals surface area contributed by atoms with Crippen molar-refractivity contribution < 1.29 is 9.47 Å². The highest BCUT2D eigenvalue weighted by atomic mass is 16.5.